The Labute approximate surface area is 177 Å². The van der Waals surface area contributed by atoms with Crippen LogP contribution in [0, 0.1) is 0 Å². The molecule has 8 heteroatoms. The molecule has 2 amide bonds. The molecule has 2 fully saturated rings. The number of nitrogens with one attached hydrogen (secondary N) is 1. The SMILES string of the molecule is CCOc1ccc(OCCNC(=O)CN2CCCC2C(=O)N2CCSCC2)cc1. The Hall–Kier alpha value is -1.93. The van der Waals surface area contributed by atoms with E-state index in [0.717, 1.165) is 55.5 Å². The lowest BCUT2D eigenvalue weighted by Crippen LogP contribution is -2.50. The maximum Gasteiger partial charge on any atom is 0.239 e. The van der Waals surface area contributed by atoms with Crippen molar-refractivity contribution in [1.29, 1.82) is 0 Å². The Kier molecular flexibility index (Phi) is 8.49. The van der Waals surface area contributed by atoms with E-state index in [1.54, 1.807) is 0 Å². The Morgan fingerprint density at radius 2 is 1.79 bits per heavy atom. The summed E-state index contributed by atoms with van der Waals surface area (Å²) in [5.41, 5.74) is 0. The van der Waals surface area contributed by atoms with Crippen LogP contribution in [0.15, 0.2) is 24.3 Å². The minimum Gasteiger partial charge on any atom is -0.494 e. The highest BCUT2D eigenvalue weighted by Gasteiger charge is 2.34. The van der Waals surface area contributed by atoms with E-state index in [1.807, 2.05) is 52.8 Å². The smallest absolute Gasteiger partial charge is 0.239 e. The molecule has 160 valence electrons. The van der Waals surface area contributed by atoms with Crippen molar-refractivity contribution in [1.82, 2.24) is 15.1 Å². The lowest BCUT2D eigenvalue weighted by Gasteiger charge is -2.32. The summed E-state index contributed by atoms with van der Waals surface area (Å²) in [6.07, 6.45) is 1.81. The van der Waals surface area contributed by atoms with E-state index in [1.165, 1.54) is 0 Å². The number of nitrogens with zero attached hydrogens (tertiary/aromatic N) is 2. The van der Waals surface area contributed by atoms with Crippen molar-refractivity contribution in [2.75, 3.05) is 57.4 Å². The molecule has 2 saturated heterocycles. The third-order valence-corrected chi connectivity index (χ3v) is 6.09. The molecule has 1 aromatic carbocycles. The quantitative estimate of drug-likeness (QED) is 0.611. The molecule has 1 aromatic rings. The molecule has 29 heavy (non-hydrogen) atoms. The van der Waals surface area contributed by atoms with Crippen LogP contribution < -0.4 is 14.8 Å². The van der Waals surface area contributed by atoms with Gasteiger partial charge in [0.05, 0.1) is 25.7 Å². The zero-order chi connectivity index (χ0) is 20.5. The Morgan fingerprint density at radius 3 is 2.48 bits per heavy atom. The van der Waals surface area contributed by atoms with Crippen LogP contribution in [0.1, 0.15) is 19.8 Å². The first kappa shape index (κ1) is 21.8. The van der Waals surface area contributed by atoms with Gasteiger partial charge in [0.15, 0.2) is 0 Å². The molecule has 3 rings (SSSR count). The van der Waals surface area contributed by atoms with Gasteiger partial charge in [-0.3, -0.25) is 14.5 Å². The van der Waals surface area contributed by atoms with E-state index in [9.17, 15) is 9.59 Å². The summed E-state index contributed by atoms with van der Waals surface area (Å²) in [7, 11) is 0. The van der Waals surface area contributed by atoms with Crippen LogP contribution >= 0.6 is 11.8 Å². The Balaban J connectivity index is 1.36. The van der Waals surface area contributed by atoms with Gasteiger partial charge in [0.2, 0.25) is 11.8 Å². The number of likely N-dealkylation sites (tertiary alicyclic amines) is 1. The second kappa shape index (κ2) is 11.3. The molecule has 7 nitrogen and oxygen atoms in total. The van der Waals surface area contributed by atoms with Gasteiger partial charge in [-0.05, 0) is 50.6 Å². The fourth-order valence-electron chi connectivity index (χ4n) is 3.69. The summed E-state index contributed by atoms with van der Waals surface area (Å²) in [4.78, 5) is 29.1. The number of rotatable bonds is 9. The standard InChI is InChI=1S/C21H31N3O4S/c1-2-27-17-5-7-18(8-6-17)28-13-9-22-20(25)16-24-10-3-4-19(24)21(26)23-11-14-29-15-12-23/h5-8,19H,2-4,9-16H2,1H3,(H,22,25). The highest BCUT2D eigenvalue weighted by Crippen LogP contribution is 2.21. The van der Waals surface area contributed by atoms with Gasteiger partial charge in [-0.25, -0.2) is 0 Å². The number of hydrogen-bond donors (Lipinski definition) is 1. The van der Waals surface area contributed by atoms with Gasteiger partial charge < -0.3 is 19.7 Å². The largest absolute Gasteiger partial charge is 0.494 e. The molecule has 2 aliphatic rings. The third-order valence-electron chi connectivity index (χ3n) is 5.15. The predicted octanol–water partition coefficient (Wildman–Crippen LogP) is 1.62. The van der Waals surface area contributed by atoms with Crippen molar-refractivity contribution >= 4 is 23.6 Å². The number of carbonyl (C=O) groups is 2. The number of benzene rings is 1. The molecule has 0 bridgehead atoms. The fourth-order valence-corrected chi connectivity index (χ4v) is 4.59. The van der Waals surface area contributed by atoms with Crippen molar-refractivity contribution in [2.24, 2.45) is 0 Å². The zero-order valence-electron chi connectivity index (χ0n) is 17.1. The summed E-state index contributed by atoms with van der Waals surface area (Å²) in [5.74, 6) is 3.70. The molecule has 0 aromatic heterocycles. The second-order valence-corrected chi connectivity index (χ2v) is 8.39. The number of thioether (sulfide) groups is 1. The van der Waals surface area contributed by atoms with E-state index < -0.39 is 0 Å². The van der Waals surface area contributed by atoms with Gasteiger partial charge in [0.1, 0.15) is 18.1 Å². The topological polar surface area (TPSA) is 71.1 Å². The number of carbonyl (C=O) groups excluding carboxylic acids is 2. The van der Waals surface area contributed by atoms with Crippen LogP contribution in [0.25, 0.3) is 0 Å². The van der Waals surface area contributed by atoms with E-state index in [4.69, 9.17) is 9.47 Å². The van der Waals surface area contributed by atoms with Gasteiger partial charge in [-0.2, -0.15) is 11.8 Å². The maximum absolute atomic E-state index is 12.8. The van der Waals surface area contributed by atoms with Crippen LogP contribution in [0.5, 0.6) is 11.5 Å². The first-order chi connectivity index (χ1) is 14.2. The average molecular weight is 422 g/mol. The molecule has 1 unspecified atom stereocenters. The maximum atomic E-state index is 12.8. The molecule has 1 N–H and O–H groups in total. The molecule has 0 saturated carbocycles. The highest BCUT2D eigenvalue weighted by atomic mass is 32.2. The van der Waals surface area contributed by atoms with Crippen molar-refractivity contribution in [3.63, 3.8) is 0 Å². The molecule has 0 aliphatic carbocycles. The molecular weight excluding hydrogens is 390 g/mol. The molecule has 2 aliphatic heterocycles. The number of ether oxygens (including phenoxy) is 2. The zero-order valence-corrected chi connectivity index (χ0v) is 17.9. The summed E-state index contributed by atoms with van der Waals surface area (Å²) < 4.78 is 11.1. The van der Waals surface area contributed by atoms with Crippen molar-refractivity contribution in [3.05, 3.63) is 24.3 Å². The van der Waals surface area contributed by atoms with Crippen LogP contribution in [-0.4, -0.2) is 85.1 Å². The van der Waals surface area contributed by atoms with Crippen molar-refractivity contribution in [3.8, 4) is 11.5 Å². The van der Waals surface area contributed by atoms with Gasteiger partial charge >= 0.3 is 0 Å². The van der Waals surface area contributed by atoms with E-state index >= 15 is 0 Å². The minimum atomic E-state index is -0.149. The first-order valence-corrected chi connectivity index (χ1v) is 11.6. The first-order valence-electron chi connectivity index (χ1n) is 10.4. The Morgan fingerprint density at radius 1 is 1.10 bits per heavy atom. The second-order valence-electron chi connectivity index (χ2n) is 7.17. The Bertz CT molecular complexity index is 664. The van der Waals surface area contributed by atoms with Crippen LogP contribution in [-0.2, 0) is 9.59 Å². The fraction of sp³-hybridized carbons (Fsp3) is 0.619. The summed E-state index contributed by atoms with van der Waals surface area (Å²) >= 11 is 1.89. The molecule has 2 heterocycles. The third kappa shape index (κ3) is 6.54. The summed E-state index contributed by atoms with van der Waals surface area (Å²) in [6, 6.07) is 7.29. The molecular formula is C21H31N3O4S. The summed E-state index contributed by atoms with van der Waals surface area (Å²) in [6.45, 7) is 6.12. The number of hydrogen-bond acceptors (Lipinski definition) is 6. The van der Waals surface area contributed by atoms with Crippen LogP contribution in [0.4, 0.5) is 0 Å². The predicted molar refractivity (Wildman–Crippen MR) is 115 cm³/mol. The van der Waals surface area contributed by atoms with E-state index in [0.29, 0.717) is 19.8 Å². The van der Waals surface area contributed by atoms with Gasteiger partial charge in [-0.1, -0.05) is 0 Å². The normalized spacial score (nSPS) is 19.8. The van der Waals surface area contributed by atoms with Gasteiger partial charge in [0, 0.05) is 24.6 Å². The van der Waals surface area contributed by atoms with Crippen molar-refractivity contribution < 1.29 is 19.1 Å². The highest BCUT2D eigenvalue weighted by molar-refractivity contribution is 7.99. The number of amides is 2. The van der Waals surface area contributed by atoms with Gasteiger partial charge in [0.25, 0.3) is 0 Å². The molecule has 1 atom stereocenters. The van der Waals surface area contributed by atoms with Crippen LogP contribution in [0.2, 0.25) is 0 Å². The summed E-state index contributed by atoms with van der Waals surface area (Å²) in [5, 5.41) is 2.89. The molecule has 0 spiro atoms. The lowest BCUT2D eigenvalue weighted by atomic mass is 10.2. The monoisotopic (exact) mass is 421 g/mol. The lowest BCUT2D eigenvalue weighted by molar-refractivity contribution is -0.136. The van der Waals surface area contributed by atoms with E-state index in [2.05, 4.69) is 5.32 Å². The average Bonchev–Trinajstić information content (AvgIpc) is 3.20. The minimum absolute atomic E-state index is 0.0609. The van der Waals surface area contributed by atoms with E-state index in [-0.39, 0.29) is 24.4 Å². The van der Waals surface area contributed by atoms with Crippen molar-refractivity contribution in [2.45, 2.75) is 25.8 Å². The molecule has 0 radical (unpaired) electrons. The van der Waals surface area contributed by atoms with Crippen LogP contribution in [0.3, 0.4) is 0 Å². The van der Waals surface area contributed by atoms with Gasteiger partial charge in [-0.15, -0.1) is 0 Å².